The van der Waals surface area contributed by atoms with Gasteiger partial charge in [0.05, 0.1) is 6.10 Å². The van der Waals surface area contributed by atoms with Crippen LogP contribution >= 0.6 is 12.2 Å². The van der Waals surface area contributed by atoms with Crippen molar-refractivity contribution in [2.75, 3.05) is 0 Å². The lowest BCUT2D eigenvalue weighted by Gasteiger charge is -2.14. The molecule has 1 atom stereocenters. The molecule has 2 N–H and O–H groups in total. The summed E-state index contributed by atoms with van der Waals surface area (Å²) in [5, 5.41) is 0. The van der Waals surface area contributed by atoms with Gasteiger partial charge in [0.2, 0.25) is 0 Å². The minimum atomic E-state index is 0.262. The fraction of sp³-hybridized carbons (Fsp3) is 0.533. The Balaban J connectivity index is 2.35. The van der Waals surface area contributed by atoms with Crippen molar-refractivity contribution in [1.29, 1.82) is 0 Å². The van der Waals surface area contributed by atoms with Crippen molar-refractivity contribution in [3.63, 3.8) is 0 Å². The molecule has 1 rings (SSSR count). The van der Waals surface area contributed by atoms with E-state index in [2.05, 4.69) is 13.8 Å². The molecular formula is C15H23NOS. The van der Waals surface area contributed by atoms with Crippen molar-refractivity contribution in [2.45, 2.75) is 52.1 Å². The van der Waals surface area contributed by atoms with Gasteiger partial charge < -0.3 is 10.5 Å². The molecule has 2 nitrogen and oxygen atoms in total. The van der Waals surface area contributed by atoms with Crippen LogP contribution in [-0.2, 0) is 0 Å². The van der Waals surface area contributed by atoms with Crippen LogP contribution in [0.25, 0.3) is 0 Å². The van der Waals surface area contributed by atoms with Gasteiger partial charge >= 0.3 is 0 Å². The van der Waals surface area contributed by atoms with Crippen molar-refractivity contribution in [1.82, 2.24) is 0 Å². The van der Waals surface area contributed by atoms with Crippen molar-refractivity contribution >= 4 is 17.2 Å². The van der Waals surface area contributed by atoms with E-state index >= 15 is 0 Å². The van der Waals surface area contributed by atoms with Crippen LogP contribution < -0.4 is 10.5 Å². The molecule has 0 aliphatic heterocycles. The third kappa shape index (κ3) is 5.50. The molecule has 0 aromatic heterocycles. The van der Waals surface area contributed by atoms with E-state index < -0.39 is 0 Å². The van der Waals surface area contributed by atoms with Gasteiger partial charge in [-0.25, -0.2) is 0 Å². The third-order valence-corrected chi connectivity index (χ3v) is 3.18. The zero-order valence-electron chi connectivity index (χ0n) is 11.3. The highest BCUT2D eigenvalue weighted by molar-refractivity contribution is 7.80. The fourth-order valence-corrected chi connectivity index (χ4v) is 1.98. The molecule has 0 spiro atoms. The summed E-state index contributed by atoms with van der Waals surface area (Å²) in [4.78, 5) is 0.425. The molecule has 1 unspecified atom stereocenters. The monoisotopic (exact) mass is 265 g/mol. The molecule has 0 bridgehead atoms. The summed E-state index contributed by atoms with van der Waals surface area (Å²) >= 11 is 4.91. The zero-order chi connectivity index (χ0) is 13.4. The second kappa shape index (κ2) is 8.09. The topological polar surface area (TPSA) is 35.2 Å². The summed E-state index contributed by atoms with van der Waals surface area (Å²) in [6.07, 6.45) is 6.49. The highest BCUT2D eigenvalue weighted by Crippen LogP contribution is 2.16. The number of thiocarbonyl (C=S) groups is 1. The first-order valence-corrected chi connectivity index (χ1v) is 7.10. The Morgan fingerprint density at radius 3 is 2.44 bits per heavy atom. The van der Waals surface area contributed by atoms with Gasteiger partial charge in [-0.05, 0) is 44.0 Å². The Morgan fingerprint density at radius 2 is 1.89 bits per heavy atom. The van der Waals surface area contributed by atoms with E-state index in [1.807, 2.05) is 24.3 Å². The highest BCUT2D eigenvalue weighted by Gasteiger charge is 2.04. The first-order chi connectivity index (χ1) is 8.63. The largest absolute Gasteiger partial charge is 0.491 e. The van der Waals surface area contributed by atoms with E-state index in [0.29, 0.717) is 4.99 Å². The number of rotatable bonds is 8. The van der Waals surface area contributed by atoms with E-state index in [4.69, 9.17) is 22.7 Å². The standard InChI is InChI=1S/C15H23NOS/c1-3-4-5-6-7-12(2)17-14-10-8-13(9-11-14)15(16)18/h8-12H,3-7H2,1-2H3,(H2,16,18). The predicted octanol–water partition coefficient (Wildman–Crippen LogP) is 4.06. The van der Waals surface area contributed by atoms with Crippen molar-refractivity contribution in [3.05, 3.63) is 29.8 Å². The Bertz CT molecular complexity index is 361. The number of hydrogen-bond acceptors (Lipinski definition) is 2. The van der Waals surface area contributed by atoms with Crippen molar-refractivity contribution < 1.29 is 4.74 Å². The zero-order valence-corrected chi connectivity index (χ0v) is 12.1. The number of hydrogen-bond donors (Lipinski definition) is 1. The van der Waals surface area contributed by atoms with Crippen LogP contribution in [0.15, 0.2) is 24.3 Å². The van der Waals surface area contributed by atoms with E-state index in [1.165, 1.54) is 25.7 Å². The van der Waals surface area contributed by atoms with Crippen LogP contribution in [0.4, 0.5) is 0 Å². The molecule has 18 heavy (non-hydrogen) atoms. The summed E-state index contributed by atoms with van der Waals surface area (Å²) in [6.45, 7) is 4.34. The first kappa shape index (κ1) is 15.0. The van der Waals surface area contributed by atoms with Crippen molar-refractivity contribution in [3.8, 4) is 5.75 Å². The molecular weight excluding hydrogens is 242 g/mol. The molecule has 0 aliphatic carbocycles. The Kier molecular flexibility index (Phi) is 6.73. The number of nitrogens with two attached hydrogens (primary N) is 1. The van der Waals surface area contributed by atoms with Gasteiger partial charge in [0, 0.05) is 5.56 Å². The maximum absolute atomic E-state index is 5.85. The highest BCUT2D eigenvalue weighted by atomic mass is 32.1. The minimum Gasteiger partial charge on any atom is -0.491 e. The molecule has 0 radical (unpaired) electrons. The molecule has 0 saturated carbocycles. The summed E-state index contributed by atoms with van der Waals surface area (Å²) in [7, 11) is 0. The number of ether oxygens (including phenoxy) is 1. The molecule has 1 aromatic carbocycles. The predicted molar refractivity (Wildman–Crippen MR) is 81.2 cm³/mol. The van der Waals surface area contributed by atoms with Gasteiger partial charge in [0.15, 0.2) is 0 Å². The second-order valence-electron chi connectivity index (χ2n) is 4.67. The van der Waals surface area contributed by atoms with Crippen LogP contribution in [0.3, 0.4) is 0 Å². The number of benzene rings is 1. The summed E-state index contributed by atoms with van der Waals surface area (Å²) in [5.41, 5.74) is 6.43. The van der Waals surface area contributed by atoms with Gasteiger partial charge in [0.1, 0.15) is 10.7 Å². The van der Waals surface area contributed by atoms with E-state index in [0.717, 1.165) is 17.7 Å². The van der Waals surface area contributed by atoms with E-state index in [-0.39, 0.29) is 6.10 Å². The molecule has 0 heterocycles. The second-order valence-corrected chi connectivity index (χ2v) is 5.11. The van der Waals surface area contributed by atoms with Gasteiger partial charge in [-0.3, -0.25) is 0 Å². The average molecular weight is 265 g/mol. The molecule has 1 aromatic rings. The lowest BCUT2D eigenvalue weighted by atomic mass is 10.1. The van der Waals surface area contributed by atoms with Gasteiger partial charge in [0.25, 0.3) is 0 Å². The third-order valence-electron chi connectivity index (χ3n) is 2.94. The maximum Gasteiger partial charge on any atom is 0.119 e. The normalized spacial score (nSPS) is 12.1. The fourth-order valence-electron chi connectivity index (χ4n) is 1.85. The summed E-state index contributed by atoms with van der Waals surface area (Å²) < 4.78 is 5.85. The SMILES string of the molecule is CCCCCCC(C)Oc1ccc(C(N)=S)cc1. The minimum absolute atomic E-state index is 0.262. The Hall–Kier alpha value is -1.09. The molecule has 100 valence electrons. The van der Waals surface area contributed by atoms with Crippen LogP contribution in [0.5, 0.6) is 5.75 Å². The van der Waals surface area contributed by atoms with Gasteiger partial charge in [-0.15, -0.1) is 0 Å². The quantitative estimate of drug-likeness (QED) is 0.568. The van der Waals surface area contributed by atoms with Crippen LogP contribution in [0.1, 0.15) is 51.5 Å². The molecule has 0 amide bonds. The molecule has 0 aliphatic rings. The van der Waals surface area contributed by atoms with Crippen LogP contribution in [-0.4, -0.2) is 11.1 Å². The Labute approximate surface area is 116 Å². The van der Waals surface area contributed by atoms with Gasteiger partial charge in [-0.1, -0.05) is 38.4 Å². The maximum atomic E-state index is 5.85. The summed E-state index contributed by atoms with van der Waals surface area (Å²) in [6, 6.07) is 7.66. The Morgan fingerprint density at radius 1 is 1.22 bits per heavy atom. The van der Waals surface area contributed by atoms with Crippen LogP contribution in [0, 0.1) is 0 Å². The smallest absolute Gasteiger partial charge is 0.119 e. The lowest BCUT2D eigenvalue weighted by Crippen LogP contribution is -2.12. The number of unbranched alkanes of at least 4 members (excludes halogenated alkanes) is 3. The first-order valence-electron chi connectivity index (χ1n) is 6.70. The molecule has 0 saturated heterocycles. The van der Waals surface area contributed by atoms with E-state index in [9.17, 15) is 0 Å². The molecule has 0 fully saturated rings. The molecule has 3 heteroatoms. The average Bonchev–Trinajstić information content (AvgIpc) is 2.35. The van der Waals surface area contributed by atoms with Gasteiger partial charge in [-0.2, -0.15) is 0 Å². The summed E-state index contributed by atoms with van der Waals surface area (Å²) in [5.74, 6) is 0.887. The van der Waals surface area contributed by atoms with E-state index in [1.54, 1.807) is 0 Å². The van der Waals surface area contributed by atoms with Crippen LogP contribution in [0.2, 0.25) is 0 Å². The lowest BCUT2D eigenvalue weighted by molar-refractivity contribution is 0.206. The van der Waals surface area contributed by atoms with Crippen molar-refractivity contribution in [2.24, 2.45) is 5.73 Å².